The van der Waals surface area contributed by atoms with E-state index in [1.165, 1.54) is 12.8 Å². The molecule has 1 heterocycles. The fraction of sp³-hybridized carbons (Fsp3) is 0.500. The Morgan fingerprint density at radius 3 is 2.94 bits per heavy atom. The molecule has 0 atom stereocenters. The maximum atomic E-state index is 11.9. The Balaban J connectivity index is 1.87. The molecule has 0 unspecified atom stereocenters. The zero-order valence-electron chi connectivity index (χ0n) is 10.7. The van der Waals surface area contributed by atoms with Crippen LogP contribution < -0.4 is 0 Å². The van der Waals surface area contributed by atoms with Gasteiger partial charge in [0.2, 0.25) is 0 Å². The Bertz CT molecular complexity index is 438. The third-order valence-electron chi connectivity index (χ3n) is 2.99. The van der Waals surface area contributed by atoms with Gasteiger partial charge in [0.05, 0.1) is 17.6 Å². The fourth-order valence-corrected chi connectivity index (χ4v) is 1.93. The minimum atomic E-state index is -0.209. The lowest BCUT2D eigenvalue weighted by molar-refractivity contribution is -0.140. The standard InChI is InChI=1S/C14H18N2O2/c1-11-8-16-13(9-15-11)10-18-14(17)12-6-4-2-3-5-7-12/h6,8-9H,2-5,7,10H2,1H3. The van der Waals surface area contributed by atoms with Gasteiger partial charge in [-0.1, -0.05) is 12.5 Å². The van der Waals surface area contributed by atoms with E-state index in [-0.39, 0.29) is 12.6 Å². The number of carbonyl (C=O) groups excluding carboxylic acids is 1. The lowest BCUT2D eigenvalue weighted by atomic mass is 10.1. The summed E-state index contributed by atoms with van der Waals surface area (Å²) in [4.78, 5) is 20.1. The fourth-order valence-electron chi connectivity index (χ4n) is 1.93. The van der Waals surface area contributed by atoms with Gasteiger partial charge in [-0.2, -0.15) is 0 Å². The van der Waals surface area contributed by atoms with Gasteiger partial charge >= 0.3 is 5.97 Å². The van der Waals surface area contributed by atoms with Crippen molar-refractivity contribution in [3.05, 3.63) is 35.4 Å². The summed E-state index contributed by atoms with van der Waals surface area (Å²) in [6.45, 7) is 2.07. The normalized spacial score (nSPS) is 15.7. The van der Waals surface area contributed by atoms with E-state index in [9.17, 15) is 4.79 Å². The van der Waals surface area contributed by atoms with E-state index in [0.717, 1.165) is 30.5 Å². The Morgan fingerprint density at radius 2 is 2.17 bits per heavy atom. The van der Waals surface area contributed by atoms with Gasteiger partial charge in [0.25, 0.3) is 0 Å². The van der Waals surface area contributed by atoms with Crippen LogP contribution in [0.2, 0.25) is 0 Å². The molecule has 0 aliphatic heterocycles. The van der Waals surface area contributed by atoms with Gasteiger partial charge in [-0.3, -0.25) is 9.97 Å². The second-order valence-electron chi connectivity index (χ2n) is 4.55. The topological polar surface area (TPSA) is 52.1 Å². The van der Waals surface area contributed by atoms with Gasteiger partial charge in [0, 0.05) is 11.8 Å². The zero-order valence-corrected chi connectivity index (χ0v) is 10.7. The molecule has 0 bridgehead atoms. The monoisotopic (exact) mass is 246 g/mol. The summed E-state index contributed by atoms with van der Waals surface area (Å²) in [6, 6.07) is 0. The predicted octanol–water partition coefficient (Wildman–Crippen LogP) is 2.72. The van der Waals surface area contributed by atoms with Gasteiger partial charge in [0.1, 0.15) is 6.61 Å². The Morgan fingerprint density at radius 1 is 1.28 bits per heavy atom. The molecule has 4 nitrogen and oxygen atoms in total. The largest absolute Gasteiger partial charge is 0.456 e. The van der Waals surface area contributed by atoms with E-state index >= 15 is 0 Å². The van der Waals surface area contributed by atoms with Crippen LogP contribution in [0.1, 0.15) is 43.5 Å². The van der Waals surface area contributed by atoms with Gasteiger partial charge in [-0.15, -0.1) is 0 Å². The van der Waals surface area contributed by atoms with Crippen molar-refractivity contribution in [3.8, 4) is 0 Å². The van der Waals surface area contributed by atoms with Gasteiger partial charge in [0.15, 0.2) is 0 Å². The SMILES string of the molecule is Cc1cnc(COC(=O)C2=CCCCCC2)cn1. The predicted molar refractivity (Wildman–Crippen MR) is 67.7 cm³/mol. The summed E-state index contributed by atoms with van der Waals surface area (Å²) in [5.74, 6) is -0.209. The van der Waals surface area contributed by atoms with E-state index < -0.39 is 0 Å². The molecule has 0 radical (unpaired) electrons. The highest BCUT2D eigenvalue weighted by atomic mass is 16.5. The number of ether oxygens (including phenoxy) is 1. The van der Waals surface area contributed by atoms with Crippen molar-refractivity contribution in [3.63, 3.8) is 0 Å². The molecule has 0 saturated heterocycles. The Kier molecular flexibility index (Phi) is 4.45. The summed E-state index contributed by atoms with van der Waals surface area (Å²) < 4.78 is 5.25. The van der Waals surface area contributed by atoms with Crippen LogP contribution >= 0.6 is 0 Å². The van der Waals surface area contributed by atoms with E-state index in [0.29, 0.717) is 5.69 Å². The average molecular weight is 246 g/mol. The second-order valence-corrected chi connectivity index (χ2v) is 4.55. The number of nitrogens with zero attached hydrogens (tertiary/aromatic N) is 2. The van der Waals surface area contributed by atoms with Crippen LogP contribution in [0.25, 0.3) is 0 Å². The molecule has 0 saturated carbocycles. The third-order valence-corrected chi connectivity index (χ3v) is 2.99. The van der Waals surface area contributed by atoms with E-state index in [4.69, 9.17) is 4.74 Å². The zero-order chi connectivity index (χ0) is 12.8. The number of hydrogen-bond donors (Lipinski definition) is 0. The molecule has 0 N–H and O–H groups in total. The quantitative estimate of drug-likeness (QED) is 0.769. The number of aryl methyl sites for hydroxylation is 1. The number of aromatic nitrogens is 2. The highest BCUT2D eigenvalue weighted by molar-refractivity contribution is 5.88. The first-order valence-corrected chi connectivity index (χ1v) is 6.39. The summed E-state index contributed by atoms with van der Waals surface area (Å²) >= 11 is 0. The lowest BCUT2D eigenvalue weighted by Gasteiger charge is -2.06. The first-order valence-electron chi connectivity index (χ1n) is 6.39. The van der Waals surface area contributed by atoms with Crippen LogP contribution in [-0.4, -0.2) is 15.9 Å². The molecule has 0 aromatic carbocycles. The molecule has 4 heteroatoms. The smallest absolute Gasteiger partial charge is 0.334 e. The van der Waals surface area contributed by atoms with Crippen LogP contribution in [0, 0.1) is 6.92 Å². The maximum absolute atomic E-state index is 11.9. The average Bonchev–Trinajstić information content (AvgIpc) is 2.66. The van der Waals surface area contributed by atoms with Crippen molar-refractivity contribution in [1.82, 2.24) is 9.97 Å². The van der Waals surface area contributed by atoms with Crippen LogP contribution in [0.3, 0.4) is 0 Å². The number of esters is 1. The molecule has 2 rings (SSSR count). The van der Waals surface area contributed by atoms with E-state index in [2.05, 4.69) is 9.97 Å². The summed E-state index contributed by atoms with van der Waals surface area (Å²) in [6.07, 6.45) is 10.6. The molecular formula is C14H18N2O2. The molecule has 1 aromatic rings. The van der Waals surface area contributed by atoms with Crippen molar-refractivity contribution in [2.45, 2.75) is 45.6 Å². The van der Waals surface area contributed by atoms with E-state index in [1.807, 2.05) is 13.0 Å². The molecule has 1 aliphatic carbocycles. The second kappa shape index (κ2) is 6.28. The Hall–Kier alpha value is -1.71. The number of rotatable bonds is 3. The first kappa shape index (κ1) is 12.7. The molecule has 96 valence electrons. The lowest BCUT2D eigenvalue weighted by Crippen LogP contribution is -2.09. The number of hydrogen-bond acceptors (Lipinski definition) is 4. The minimum absolute atomic E-state index is 0.198. The molecule has 1 aliphatic rings. The molecule has 0 spiro atoms. The van der Waals surface area contributed by atoms with E-state index in [1.54, 1.807) is 12.4 Å². The summed E-state index contributed by atoms with van der Waals surface area (Å²) in [5, 5.41) is 0. The van der Waals surface area contributed by atoms with Crippen LogP contribution in [0.4, 0.5) is 0 Å². The third kappa shape index (κ3) is 3.65. The van der Waals surface area contributed by atoms with Crippen molar-refractivity contribution in [2.24, 2.45) is 0 Å². The van der Waals surface area contributed by atoms with Crippen molar-refractivity contribution >= 4 is 5.97 Å². The van der Waals surface area contributed by atoms with Crippen molar-refractivity contribution in [2.75, 3.05) is 0 Å². The van der Waals surface area contributed by atoms with Crippen molar-refractivity contribution < 1.29 is 9.53 Å². The number of allylic oxidation sites excluding steroid dienone is 1. The number of carbonyl (C=O) groups is 1. The van der Waals surface area contributed by atoms with Gasteiger partial charge < -0.3 is 4.74 Å². The first-order chi connectivity index (χ1) is 8.75. The Labute approximate surface area is 107 Å². The molecule has 0 amide bonds. The van der Waals surface area contributed by atoms with Crippen LogP contribution in [0.5, 0.6) is 0 Å². The van der Waals surface area contributed by atoms with Crippen molar-refractivity contribution in [1.29, 1.82) is 0 Å². The molecule has 18 heavy (non-hydrogen) atoms. The minimum Gasteiger partial charge on any atom is -0.456 e. The summed E-state index contributed by atoms with van der Waals surface area (Å²) in [5.41, 5.74) is 2.35. The molecule has 1 aromatic heterocycles. The highest BCUT2D eigenvalue weighted by Crippen LogP contribution is 2.18. The molecule has 0 fully saturated rings. The molecular weight excluding hydrogens is 228 g/mol. The summed E-state index contributed by atoms with van der Waals surface area (Å²) in [7, 11) is 0. The highest BCUT2D eigenvalue weighted by Gasteiger charge is 2.13. The maximum Gasteiger partial charge on any atom is 0.334 e. The van der Waals surface area contributed by atoms with Crippen LogP contribution in [-0.2, 0) is 16.1 Å². The van der Waals surface area contributed by atoms with Gasteiger partial charge in [-0.05, 0) is 32.6 Å². The van der Waals surface area contributed by atoms with Gasteiger partial charge in [-0.25, -0.2) is 4.79 Å². The van der Waals surface area contributed by atoms with Crippen LogP contribution in [0.15, 0.2) is 24.0 Å².